The van der Waals surface area contributed by atoms with Crippen molar-refractivity contribution in [1.82, 2.24) is 10.2 Å². The minimum atomic E-state index is 0.832. The van der Waals surface area contributed by atoms with E-state index >= 15 is 0 Å². The Hall–Kier alpha value is -0.0800. The zero-order valence-corrected chi connectivity index (χ0v) is 11.6. The lowest BCUT2D eigenvalue weighted by Gasteiger charge is -2.32. The fraction of sp³-hybridized carbons (Fsp3) is 1.00. The van der Waals surface area contributed by atoms with Gasteiger partial charge in [-0.1, -0.05) is 32.6 Å². The molecule has 2 aliphatic rings. The highest BCUT2D eigenvalue weighted by atomic mass is 15.1. The number of hydrogen-bond donors (Lipinski definition) is 1. The van der Waals surface area contributed by atoms with Crippen molar-refractivity contribution in [1.29, 1.82) is 0 Å². The molecule has 2 nitrogen and oxygen atoms in total. The summed E-state index contributed by atoms with van der Waals surface area (Å²) < 4.78 is 0. The minimum Gasteiger partial charge on any atom is -0.311 e. The Balaban J connectivity index is 1.46. The van der Waals surface area contributed by atoms with Gasteiger partial charge in [-0.3, -0.25) is 0 Å². The number of rotatable bonds is 8. The van der Waals surface area contributed by atoms with E-state index in [2.05, 4.69) is 17.1 Å². The van der Waals surface area contributed by atoms with E-state index < -0.39 is 0 Å². The van der Waals surface area contributed by atoms with Gasteiger partial charge < -0.3 is 10.2 Å². The van der Waals surface area contributed by atoms with Crippen LogP contribution in [0.3, 0.4) is 0 Å². The zero-order valence-electron chi connectivity index (χ0n) is 11.6. The highest BCUT2D eigenvalue weighted by Gasteiger charge is 2.26. The van der Waals surface area contributed by atoms with Crippen LogP contribution < -0.4 is 5.32 Å². The van der Waals surface area contributed by atoms with Crippen molar-refractivity contribution >= 4 is 0 Å². The van der Waals surface area contributed by atoms with Crippen molar-refractivity contribution in [3.63, 3.8) is 0 Å². The zero-order chi connectivity index (χ0) is 11.9. The molecule has 0 radical (unpaired) electrons. The summed E-state index contributed by atoms with van der Waals surface area (Å²) in [4.78, 5) is 2.68. The number of hydrogen-bond acceptors (Lipinski definition) is 2. The molecule has 0 unspecified atom stereocenters. The van der Waals surface area contributed by atoms with Crippen LogP contribution in [0.4, 0.5) is 0 Å². The maximum Gasteiger partial charge on any atom is 0.00940 e. The van der Waals surface area contributed by atoms with Crippen LogP contribution in [0.25, 0.3) is 0 Å². The summed E-state index contributed by atoms with van der Waals surface area (Å²) in [6.07, 6.45) is 12.7. The molecule has 2 fully saturated rings. The third kappa shape index (κ3) is 5.39. The number of nitrogens with zero attached hydrogens (tertiary/aromatic N) is 1. The molecule has 1 saturated heterocycles. The third-order valence-electron chi connectivity index (χ3n) is 4.21. The Kier molecular flexibility index (Phi) is 5.79. The van der Waals surface area contributed by atoms with Gasteiger partial charge in [0.2, 0.25) is 0 Å². The topological polar surface area (TPSA) is 15.3 Å². The van der Waals surface area contributed by atoms with Gasteiger partial charge in [0, 0.05) is 12.1 Å². The van der Waals surface area contributed by atoms with E-state index in [-0.39, 0.29) is 0 Å². The smallest absolute Gasteiger partial charge is 0.00940 e. The van der Waals surface area contributed by atoms with Crippen LogP contribution >= 0.6 is 0 Å². The first-order valence-corrected chi connectivity index (χ1v) is 7.87. The van der Waals surface area contributed by atoms with Gasteiger partial charge in [0.15, 0.2) is 0 Å². The standard InChI is InChI=1S/C15H30N2/c1-2-3-4-5-6-11-17-12-9-15(10-13-17)16-14-7-8-14/h14-16H,2-13H2,1H3. The lowest BCUT2D eigenvalue weighted by Crippen LogP contribution is -2.43. The Labute approximate surface area is 107 Å². The molecule has 17 heavy (non-hydrogen) atoms. The normalized spacial score (nSPS) is 23.1. The monoisotopic (exact) mass is 238 g/mol. The summed E-state index contributed by atoms with van der Waals surface area (Å²) in [5.41, 5.74) is 0. The second kappa shape index (κ2) is 7.38. The van der Waals surface area contributed by atoms with Crippen molar-refractivity contribution in [3.05, 3.63) is 0 Å². The first-order valence-electron chi connectivity index (χ1n) is 7.87. The number of likely N-dealkylation sites (tertiary alicyclic amines) is 1. The predicted molar refractivity (Wildman–Crippen MR) is 74.4 cm³/mol. The van der Waals surface area contributed by atoms with Crippen LogP contribution in [0.2, 0.25) is 0 Å². The molecule has 1 aliphatic carbocycles. The van der Waals surface area contributed by atoms with E-state index in [9.17, 15) is 0 Å². The molecule has 2 rings (SSSR count). The van der Waals surface area contributed by atoms with Gasteiger partial charge in [0.1, 0.15) is 0 Å². The second-order valence-electron chi connectivity index (χ2n) is 5.97. The lowest BCUT2D eigenvalue weighted by molar-refractivity contribution is 0.193. The predicted octanol–water partition coefficient (Wildman–Crippen LogP) is 3.17. The Morgan fingerprint density at radius 3 is 2.18 bits per heavy atom. The largest absolute Gasteiger partial charge is 0.311 e. The average Bonchev–Trinajstić information content (AvgIpc) is 3.15. The van der Waals surface area contributed by atoms with Crippen LogP contribution in [0.5, 0.6) is 0 Å². The molecule has 0 bridgehead atoms. The number of unbranched alkanes of at least 4 members (excludes halogenated alkanes) is 4. The molecule has 2 heteroatoms. The average molecular weight is 238 g/mol. The molecule has 0 aromatic heterocycles. The van der Waals surface area contributed by atoms with Crippen LogP contribution in [-0.4, -0.2) is 36.6 Å². The number of nitrogens with one attached hydrogen (secondary N) is 1. The molecular formula is C15H30N2. The Morgan fingerprint density at radius 2 is 1.53 bits per heavy atom. The summed E-state index contributed by atoms with van der Waals surface area (Å²) in [7, 11) is 0. The van der Waals surface area contributed by atoms with Crippen LogP contribution in [0.1, 0.15) is 64.7 Å². The van der Waals surface area contributed by atoms with Crippen molar-refractivity contribution in [3.8, 4) is 0 Å². The molecule has 1 saturated carbocycles. The van der Waals surface area contributed by atoms with Crippen LogP contribution in [-0.2, 0) is 0 Å². The summed E-state index contributed by atoms with van der Waals surface area (Å²) in [5.74, 6) is 0. The third-order valence-corrected chi connectivity index (χ3v) is 4.21. The molecule has 0 atom stereocenters. The Morgan fingerprint density at radius 1 is 0.882 bits per heavy atom. The maximum atomic E-state index is 3.77. The molecule has 0 aromatic carbocycles. The first-order chi connectivity index (χ1) is 8.38. The van der Waals surface area contributed by atoms with Crippen LogP contribution in [0, 0.1) is 0 Å². The molecule has 1 N–H and O–H groups in total. The summed E-state index contributed by atoms with van der Waals surface area (Å²) >= 11 is 0. The molecule has 0 amide bonds. The van der Waals surface area contributed by atoms with Crippen molar-refractivity contribution in [2.75, 3.05) is 19.6 Å². The summed E-state index contributed by atoms with van der Waals surface area (Å²) in [6.45, 7) is 6.30. The van der Waals surface area contributed by atoms with Crippen molar-refractivity contribution < 1.29 is 0 Å². The van der Waals surface area contributed by atoms with Gasteiger partial charge in [-0.2, -0.15) is 0 Å². The highest BCUT2D eigenvalue weighted by Crippen LogP contribution is 2.22. The second-order valence-corrected chi connectivity index (χ2v) is 5.97. The fourth-order valence-electron chi connectivity index (χ4n) is 2.85. The van der Waals surface area contributed by atoms with Gasteiger partial charge >= 0.3 is 0 Å². The first kappa shape index (κ1) is 13.4. The molecule has 100 valence electrons. The van der Waals surface area contributed by atoms with E-state index in [1.165, 1.54) is 77.4 Å². The number of piperidine rings is 1. The molecule has 0 aromatic rings. The highest BCUT2D eigenvalue weighted by molar-refractivity contribution is 4.87. The summed E-state index contributed by atoms with van der Waals surface area (Å²) in [6, 6.07) is 1.72. The Bertz CT molecular complexity index is 193. The molecule has 1 heterocycles. The lowest BCUT2D eigenvalue weighted by atomic mass is 10.0. The summed E-state index contributed by atoms with van der Waals surface area (Å²) in [5, 5.41) is 3.77. The minimum absolute atomic E-state index is 0.832. The SMILES string of the molecule is CCCCCCCN1CCC(NC2CC2)CC1. The van der Waals surface area contributed by atoms with E-state index in [1.54, 1.807) is 0 Å². The van der Waals surface area contributed by atoms with Gasteiger partial charge in [-0.15, -0.1) is 0 Å². The fourth-order valence-corrected chi connectivity index (χ4v) is 2.85. The van der Waals surface area contributed by atoms with Crippen molar-refractivity contribution in [2.45, 2.75) is 76.8 Å². The van der Waals surface area contributed by atoms with Gasteiger partial charge in [-0.05, 0) is 51.7 Å². The molecule has 1 aliphatic heterocycles. The van der Waals surface area contributed by atoms with E-state index in [0.717, 1.165) is 12.1 Å². The van der Waals surface area contributed by atoms with E-state index in [0.29, 0.717) is 0 Å². The maximum absolute atomic E-state index is 3.77. The van der Waals surface area contributed by atoms with Gasteiger partial charge in [0.25, 0.3) is 0 Å². The molecule has 0 spiro atoms. The van der Waals surface area contributed by atoms with E-state index in [4.69, 9.17) is 0 Å². The van der Waals surface area contributed by atoms with Crippen LogP contribution in [0.15, 0.2) is 0 Å². The quantitative estimate of drug-likeness (QED) is 0.653. The van der Waals surface area contributed by atoms with E-state index in [1.807, 2.05) is 0 Å². The van der Waals surface area contributed by atoms with Gasteiger partial charge in [0.05, 0.1) is 0 Å². The molecular weight excluding hydrogens is 208 g/mol. The van der Waals surface area contributed by atoms with Crippen molar-refractivity contribution in [2.24, 2.45) is 0 Å². The van der Waals surface area contributed by atoms with Gasteiger partial charge in [-0.25, -0.2) is 0 Å².